The Hall–Kier alpha value is -1.99. The maximum atomic E-state index is 11.8. The van der Waals surface area contributed by atoms with Crippen molar-refractivity contribution in [3.63, 3.8) is 0 Å². The van der Waals surface area contributed by atoms with Gasteiger partial charge in [-0.1, -0.05) is 0 Å². The molecule has 88 valence electrons. The standard InChI is InChI=1S/C8H9F3N4O/c9-8(10,11)4-14-7(16)15-6-1-2-13-3-5(6)12/h1-3H,4,12H2,(H2,13,14,15,16). The number of anilines is 2. The maximum Gasteiger partial charge on any atom is 0.405 e. The lowest BCUT2D eigenvalue weighted by molar-refractivity contribution is -0.122. The van der Waals surface area contributed by atoms with Gasteiger partial charge in [0.15, 0.2) is 0 Å². The van der Waals surface area contributed by atoms with Crippen molar-refractivity contribution in [1.29, 1.82) is 0 Å². The molecule has 0 saturated carbocycles. The third kappa shape index (κ3) is 4.03. The van der Waals surface area contributed by atoms with Crippen LogP contribution in [0.1, 0.15) is 0 Å². The molecule has 0 aliphatic carbocycles. The van der Waals surface area contributed by atoms with Gasteiger partial charge >= 0.3 is 12.2 Å². The highest BCUT2D eigenvalue weighted by molar-refractivity contribution is 5.92. The van der Waals surface area contributed by atoms with E-state index in [1.807, 2.05) is 0 Å². The number of rotatable bonds is 2. The van der Waals surface area contributed by atoms with Crippen molar-refractivity contribution in [1.82, 2.24) is 10.3 Å². The number of carbonyl (C=O) groups excluding carboxylic acids is 1. The Kier molecular flexibility index (Phi) is 3.54. The zero-order valence-corrected chi connectivity index (χ0v) is 8.01. The van der Waals surface area contributed by atoms with Crippen LogP contribution in [-0.4, -0.2) is 23.7 Å². The number of amides is 2. The number of hydrogen-bond donors (Lipinski definition) is 3. The second kappa shape index (κ2) is 4.69. The van der Waals surface area contributed by atoms with Gasteiger partial charge in [-0.15, -0.1) is 0 Å². The predicted octanol–water partition coefficient (Wildman–Crippen LogP) is 1.35. The number of urea groups is 1. The van der Waals surface area contributed by atoms with Crippen molar-refractivity contribution in [2.75, 3.05) is 17.6 Å². The lowest BCUT2D eigenvalue weighted by atomic mass is 10.3. The van der Waals surface area contributed by atoms with Gasteiger partial charge in [-0.3, -0.25) is 4.98 Å². The summed E-state index contributed by atoms with van der Waals surface area (Å²) in [5.41, 5.74) is 5.80. The van der Waals surface area contributed by atoms with Gasteiger partial charge in [0, 0.05) is 6.20 Å². The Balaban J connectivity index is 2.50. The molecule has 1 rings (SSSR count). The summed E-state index contributed by atoms with van der Waals surface area (Å²) in [5, 5.41) is 3.82. The summed E-state index contributed by atoms with van der Waals surface area (Å²) in [4.78, 5) is 14.7. The van der Waals surface area contributed by atoms with Crippen LogP contribution in [-0.2, 0) is 0 Å². The number of nitrogens with two attached hydrogens (primary N) is 1. The minimum Gasteiger partial charge on any atom is -0.396 e. The van der Waals surface area contributed by atoms with Crippen molar-refractivity contribution in [3.8, 4) is 0 Å². The molecule has 8 heteroatoms. The molecule has 1 heterocycles. The van der Waals surface area contributed by atoms with Gasteiger partial charge < -0.3 is 16.4 Å². The molecule has 0 aliphatic heterocycles. The normalized spacial score (nSPS) is 10.9. The fourth-order valence-corrected chi connectivity index (χ4v) is 0.868. The first-order valence-electron chi connectivity index (χ1n) is 4.19. The number of nitrogens with one attached hydrogen (secondary N) is 2. The number of nitrogens with zero attached hydrogens (tertiary/aromatic N) is 1. The molecule has 0 fully saturated rings. The number of nitrogen functional groups attached to an aromatic ring is 1. The molecule has 5 nitrogen and oxygen atoms in total. The van der Waals surface area contributed by atoms with Gasteiger partial charge in [0.1, 0.15) is 6.54 Å². The molecule has 4 N–H and O–H groups in total. The molecule has 0 aliphatic rings. The molecular formula is C8H9F3N4O. The lowest BCUT2D eigenvalue weighted by Gasteiger charge is -2.10. The summed E-state index contributed by atoms with van der Waals surface area (Å²) in [6.07, 6.45) is -1.81. The molecule has 0 saturated heterocycles. The second-order valence-electron chi connectivity index (χ2n) is 2.89. The van der Waals surface area contributed by atoms with E-state index in [4.69, 9.17) is 5.73 Å². The van der Waals surface area contributed by atoms with E-state index >= 15 is 0 Å². The molecular weight excluding hydrogens is 225 g/mol. The quantitative estimate of drug-likeness (QED) is 0.722. The highest BCUT2D eigenvalue weighted by atomic mass is 19.4. The molecule has 16 heavy (non-hydrogen) atoms. The van der Waals surface area contributed by atoms with Gasteiger partial charge in [-0.25, -0.2) is 4.79 Å². The summed E-state index contributed by atoms with van der Waals surface area (Å²) in [6.45, 7) is -1.40. The summed E-state index contributed by atoms with van der Waals surface area (Å²) < 4.78 is 35.3. The van der Waals surface area contributed by atoms with E-state index in [9.17, 15) is 18.0 Å². The van der Waals surface area contributed by atoms with Gasteiger partial charge in [0.25, 0.3) is 0 Å². The average molecular weight is 234 g/mol. The molecule has 1 aromatic rings. The summed E-state index contributed by atoms with van der Waals surface area (Å²) in [5.74, 6) is 0. The third-order valence-corrected chi connectivity index (χ3v) is 1.55. The number of halogens is 3. The van der Waals surface area contributed by atoms with Gasteiger partial charge in [0.05, 0.1) is 17.6 Å². The molecule has 0 atom stereocenters. The molecule has 1 aromatic heterocycles. The Bertz CT molecular complexity index is 380. The average Bonchev–Trinajstić information content (AvgIpc) is 2.18. The minimum atomic E-state index is -4.44. The van der Waals surface area contributed by atoms with E-state index in [1.54, 1.807) is 5.32 Å². The van der Waals surface area contributed by atoms with Crippen LogP contribution in [0.4, 0.5) is 29.3 Å². The zero-order valence-electron chi connectivity index (χ0n) is 8.01. The van der Waals surface area contributed by atoms with Gasteiger partial charge in [-0.05, 0) is 6.07 Å². The minimum absolute atomic E-state index is 0.171. The van der Waals surface area contributed by atoms with Crippen LogP contribution in [0.5, 0.6) is 0 Å². The first-order chi connectivity index (χ1) is 7.38. The van der Waals surface area contributed by atoms with Crippen LogP contribution < -0.4 is 16.4 Å². The Morgan fingerprint density at radius 1 is 1.50 bits per heavy atom. The topological polar surface area (TPSA) is 80.0 Å². The molecule has 0 bridgehead atoms. The van der Waals surface area contributed by atoms with E-state index < -0.39 is 18.8 Å². The zero-order chi connectivity index (χ0) is 12.2. The van der Waals surface area contributed by atoms with Crippen molar-refractivity contribution in [3.05, 3.63) is 18.5 Å². The smallest absolute Gasteiger partial charge is 0.396 e. The monoisotopic (exact) mass is 234 g/mol. The van der Waals surface area contributed by atoms with E-state index in [0.29, 0.717) is 0 Å². The van der Waals surface area contributed by atoms with Crippen molar-refractivity contribution < 1.29 is 18.0 Å². The summed E-state index contributed by atoms with van der Waals surface area (Å²) in [6, 6.07) is 0.401. The third-order valence-electron chi connectivity index (χ3n) is 1.55. The Morgan fingerprint density at radius 3 is 2.75 bits per heavy atom. The number of hydrogen-bond acceptors (Lipinski definition) is 3. The van der Waals surface area contributed by atoms with Crippen LogP contribution in [0.2, 0.25) is 0 Å². The van der Waals surface area contributed by atoms with Crippen LogP contribution >= 0.6 is 0 Å². The van der Waals surface area contributed by atoms with E-state index in [2.05, 4.69) is 10.3 Å². The lowest BCUT2D eigenvalue weighted by Crippen LogP contribution is -2.36. The maximum absolute atomic E-state index is 11.8. The number of aromatic nitrogens is 1. The number of alkyl halides is 3. The van der Waals surface area contributed by atoms with Gasteiger partial charge in [0.2, 0.25) is 0 Å². The SMILES string of the molecule is Nc1cnccc1NC(=O)NCC(F)(F)F. The van der Waals surface area contributed by atoms with Gasteiger partial charge in [-0.2, -0.15) is 13.2 Å². The fraction of sp³-hybridized carbons (Fsp3) is 0.250. The molecule has 0 unspecified atom stereocenters. The first kappa shape index (κ1) is 12.1. The van der Waals surface area contributed by atoms with Crippen LogP contribution in [0, 0.1) is 0 Å². The summed E-state index contributed by atoms with van der Waals surface area (Å²) >= 11 is 0. The molecule has 0 spiro atoms. The molecule has 0 aromatic carbocycles. The first-order valence-corrected chi connectivity index (χ1v) is 4.19. The van der Waals surface area contributed by atoms with Crippen molar-refractivity contribution in [2.24, 2.45) is 0 Å². The van der Waals surface area contributed by atoms with E-state index in [-0.39, 0.29) is 11.4 Å². The molecule has 2 amide bonds. The van der Waals surface area contributed by atoms with Crippen LogP contribution in [0.3, 0.4) is 0 Å². The second-order valence-corrected chi connectivity index (χ2v) is 2.89. The number of carbonyl (C=O) groups is 1. The number of pyridine rings is 1. The van der Waals surface area contributed by atoms with Crippen LogP contribution in [0.25, 0.3) is 0 Å². The Labute approximate surface area is 88.8 Å². The summed E-state index contributed by atoms with van der Waals surface area (Å²) in [7, 11) is 0. The Morgan fingerprint density at radius 2 is 2.19 bits per heavy atom. The highest BCUT2D eigenvalue weighted by Crippen LogP contribution is 2.15. The predicted molar refractivity (Wildman–Crippen MR) is 51.7 cm³/mol. The fourth-order valence-electron chi connectivity index (χ4n) is 0.868. The largest absolute Gasteiger partial charge is 0.405 e. The van der Waals surface area contributed by atoms with E-state index in [0.717, 1.165) is 0 Å². The molecule has 0 radical (unpaired) electrons. The van der Waals surface area contributed by atoms with Crippen molar-refractivity contribution in [2.45, 2.75) is 6.18 Å². The van der Waals surface area contributed by atoms with Crippen LogP contribution in [0.15, 0.2) is 18.5 Å². The van der Waals surface area contributed by atoms with E-state index in [1.165, 1.54) is 18.5 Å². The van der Waals surface area contributed by atoms with Crippen molar-refractivity contribution >= 4 is 17.4 Å². The highest BCUT2D eigenvalue weighted by Gasteiger charge is 2.27.